The van der Waals surface area contributed by atoms with Gasteiger partial charge in [0.25, 0.3) is 0 Å². The van der Waals surface area contributed by atoms with E-state index in [-0.39, 0.29) is 0 Å². The van der Waals surface area contributed by atoms with Crippen molar-refractivity contribution in [2.24, 2.45) is 0 Å². The maximum atomic E-state index is 2.31. The molecular formula is C11H16S. The van der Waals surface area contributed by atoms with Gasteiger partial charge in [0, 0.05) is 5.75 Å². The van der Waals surface area contributed by atoms with Crippen LogP contribution in [0.5, 0.6) is 0 Å². The largest absolute Gasteiger partial charge is 0.161 e. The molecule has 12 heavy (non-hydrogen) atoms. The summed E-state index contributed by atoms with van der Waals surface area (Å²) in [6.45, 7) is 6.54. The molecule has 1 heteroatoms. The van der Waals surface area contributed by atoms with Crippen molar-refractivity contribution in [3.05, 3.63) is 34.4 Å². The Balaban J connectivity index is 3.05. The highest BCUT2D eigenvalue weighted by molar-refractivity contribution is 7.97. The molecule has 1 aromatic carbocycles. The van der Waals surface area contributed by atoms with Gasteiger partial charge in [-0.25, -0.2) is 0 Å². The van der Waals surface area contributed by atoms with Crippen LogP contribution in [0.1, 0.15) is 22.3 Å². The Labute approximate surface area is 79.4 Å². The summed E-state index contributed by atoms with van der Waals surface area (Å²) in [6, 6.07) is 4.59. The summed E-state index contributed by atoms with van der Waals surface area (Å²) in [7, 11) is 0. The Morgan fingerprint density at radius 1 is 1.00 bits per heavy atom. The first kappa shape index (κ1) is 9.66. The van der Waals surface area contributed by atoms with Crippen LogP contribution in [-0.2, 0) is 5.75 Å². The Morgan fingerprint density at radius 2 is 1.58 bits per heavy atom. The minimum Gasteiger partial charge on any atom is -0.161 e. The summed E-state index contributed by atoms with van der Waals surface area (Å²) in [5.74, 6) is 1.13. The average molecular weight is 180 g/mol. The van der Waals surface area contributed by atoms with E-state index in [9.17, 15) is 0 Å². The van der Waals surface area contributed by atoms with Gasteiger partial charge >= 0.3 is 0 Å². The van der Waals surface area contributed by atoms with Gasteiger partial charge in [0.15, 0.2) is 0 Å². The third-order valence-corrected chi connectivity index (χ3v) is 2.85. The standard InChI is InChI=1S/C11H16S/c1-8-5-10(3)11(7-12-4)6-9(8)2/h5-6H,7H2,1-4H3. The fraction of sp³-hybridized carbons (Fsp3) is 0.455. The van der Waals surface area contributed by atoms with E-state index in [4.69, 9.17) is 0 Å². The highest BCUT2D eigenvalue weighted by atomic mass is 32.2. The summed E-state index contributed by atoms with van der Waals surface area (Å²) in [5, 5.41) is 0. The van der Waals surface area contributed by atoms with E-state index in [0.717, 1.165) is 5.75 Å². The van der Waals surface area contributed by atoms with Crippen LogP contribution in [-0.4, -0.2) is 6.26 Å². The summed E-state index contributed by atoms with van der Waals surface area (Å²) in [4.78, 5) is 0. The molecule has 0 aliphatic rings. The number of hydrogen-bond donors (Lipinski definition) is 0. The van der Waals surface area contributed by atoms with Gasteiger partial charge in [0.1, 0.15) is 0 Å². The molecule has 0 aliphatic heterocycles. The maximum absolute atomic E-state index is 2.31. The molecule has 0 bridgehead atoms. The second kappa shape index (κ2) is 3.99. The molecule has 0 atom stereocenters. The number of hydrogen-bond acceptors (Lipinski definition) is 1. The van der Waals surface area contributed by atoms with Crippen LogP contribution in [0.3, 0.4) is 0 Å². The van der Waals surface area contributed by atoms with Gasteiger partial charge in [-0.3, -0.25) is 0 Å². The molecule has 1 rings (SSSR count). The number of benzene rings is 1. The number of thioether (sulfide) groups is 1. The van der Waals surface area contributed by atoms with Crippen LogP contribution in [0.25, 0.3) is 0 Å². The lowest BCUT2D eigenvalue weighted by atomic mass is 10.0. The minimum atomic E-state index is 1.13. The molecule has 0 spiro atoms. The third-order valence-electron chi connectivity index (χ3n) is 2.25. The van der Waals surface area contributed by atoms with Crippen molar-refractivity contribution in [2.45, 2.75) is 26.5 Å². The van der Waals surface area contributed by atoms with Gasteiger partial charge in [-0.15, -0.1) is 0 Å². The lowest BCUT2D eigenvalue weighted by Gasteiger charge is -2.07. The van der Waals surface area contributed by atoms with Crippen LogP contribution in [0.4, 0.5) is 0 Å². The van der Waals surface area contributed by atoms with Gasteiger partial charge in [0.2, 0.25) is 0 Å². The monoisotopic (exact) mass is 180 g/mol. The predicted octanol–water partition coefficient (Wildman–Crippen LogP) is 3.47. The predicted molar refractivity (Wildman–Crippen MR) is 57.9 cm³/mol. The molecule has 1 aromatic rings. The van der Waals surface area contributed by atoms with Crippen molar-refractivity contribution in [3.63, 3.8) is 0 Å². The van der Waals surface area contributed by atoms with E-state index in [1.807, 2.05) is 11.8 Å². The number of rotatable bonds is 2. The SMILES string of the molecule is CSCc1cc(C)c(C)cc1C. The van der Waals surface area contributed by atoms with Gasteiger partial charge < -0.3 is 0 Å². The summed E-state index contributed by atoms with van der Waals surface area (Å²) in [5.41, 5.74) is 5.71. The topological polar surface area (TPSA) is 0 Å². The Morgan fingerprint density at radius 3 is 2.17 bits per heavy atom. The van der Waals surface area contributed by atoms with Gasteiger partial charge in [0.05, 0.1) is 0 Å². The van der Waals surface area contributed by atoms with Crippen molar-refractivity contribution in [2.75, 3.05) is 6.26 Å². The molecule has 0 aliphatic carbocycles. The molecule has 0 N–H and O–H groups in total. The first-order chi connectivity index (χ1) is 5.65. The van der Waals surface area contributed by atoms with E-state index >= 15 is 0 Å². The van der Waals surface area contributed by atoms with Crippen molar-refractivity contribution < 1.29 is 0 Å². The maximum Gasteiger partial charge on any atom is 0.0184 e. The second-order valence-electron chi connectivity index (χ2n) is 3.30. The normalized spacial score (nSPS) is 10.3. The smallest absolute Gasteiger partial charge is 0.0184 e. The molecule has 0 nitrogen and oxygen atoms in total. The van der Waals surface area contributed by atoms with Gasteiger partial charge in [-0.05, 0) is 49.3 Å². The second-order valence-corrected chi connectivity index (χ2v) is 4.16. The zero-order valence-corrected chi connectivity index (χ0v) is 9.09. The van der Waals surface area contributed by atoms with E-state index in [1.165, 1.54) is 22.3 Å². The lowest BCUT2D eigenvalue weighted by molar-refractivity contribution is 1.23. The third kappa shape index (κ3) is 2.04. The molecule has 0 amide bonds. The first-order valence-electron chi connectivity index (χ1n) is 4.21. The van der Waals surface area contributed by atoms with Crippen LogP contribution in [0, 0.1) is 20.8 Å². The van der Waals surface area contributed by atoms with Crippen molar-refractivity contribution in [1.29, 1.82) is 0 Å². The molecule has 0 aromatic heterocycles. The van der Waals surface area contributed by atoms with Crippen molar-refractivity contribution in [3.8, 4) is 0 Å². The van der Waals surface area contributed by atoms with Gasteiger partial charge in [-0.1, -0.05) is 12.1 Å². The highest BCUT2D eigenvalue weighted by Gasteiger charge is 2.00. The Hall–Kier alpha value is -0.430. The molecule has 0 radical (unpaired) electrons. The molecule has 0 heterocycles. The van der Waals surface area contributed by atoms with Crippen LogP contribution >= 0.6 is 11.8 Å². The fourth-order valence-electron chi connectivity index (χ4n) is 1.33. The van der Waals surface area contributed by atoms with Crippen LogP contribution in [0.2, 0.25) is 0 Å². The van der Waals surface area contributed by atoms with Crippen molar-refractivity contribution >= 4 is 11.8 Å². The minimum absolute atomic E-state index is 1.13. The summed E-state index contributed by atoms with van der Waals surface area (Å²) >= 11 is 1.88. The quantitative estimate of drug-likeness (QED) is 0.671. The molecular weight excluding hydrogens is 164 g/mol. The zero-order chi connectivity index (χ0) is 9.14. The Kier molecular flexibility index (Phi) is 3.21. The molecule has 0 saturated carbocycles. The van der Waals surface area contributed by atoms with E-state index in [1.54, 1.807) is 0 Å². The van der Waals surface area contributed by atoms with Crippen LogP contribution < -0.4 is 0 Å². The van der Waals surface area contributed by atoms with Crippen LogP contribution in [0.15, 0.2) is 12.1 Å². The van der Waals surface area contributed by atoms with Gasteiger partial charge in [-0.2, -0.15) is 11.8 Å². The molecule has 0 fully saturated rings. The highest BCUT2D eigenvalue weighted by Crippen LogP contribution is 2.18. The summed E-state index contributed by atoms with van der Waals surface area (Å²) < 4.78 is 0. The van der Waals surface area contributed by atoms with Crippen molar-refractivity contribution in [1.82, 2.24) is 0 Å². The molecule has 0 unspecified atom stereocenters. The summed E-state index contributed by atoms with van der Waals surface area (Å²) in [6.07, 6.45) is 2.15. The van der Waals surface area contributed by atoms with E-state index in [2.05, 4.69) is 39.2 Å². The Bertz CT molecular complexity index is 277. The van der Waals surface area contributed by atoms with E-state index < -0.39 is 0 Å². The van der Waals surface area contributed by atoms with E-state index in [0.29, 0.717) is 0 Å². The lowest BCUT2D eigenvalue weighted by Crippen LogP contribution is -1.90. The fourth-order valence-corrected chi connectivity index (χ4v) is 1.95. The molecule has 0 saturated heterocycles. The first-order valence-corrected chi connectivity index (χ1v) is 5.60. The average Bonchev–Trinajstić information content (AvgIpc) is 2.01. The molecule has 66 valence electrons. The number of aryl methyl sites for hydroxylation is 3. The zero-order valence-electron chi connectivity index (χ0n) is 8.27.